The van der Waals surface area contributed by atoms with Crippen molar-refractivity contribution in [3.05, 3.63) is 95.8 Å². The van der Waals surface area contributed by atoms with E-state index in [1.807, 2.05) is 86.6 Å². The van der Waals surface area contributed by atoms with Crippen LogP contribution in [0.2, 0.25) is 0 Å². The van der Waals surface area contributed by atoms with Crippen LogP contribution in [0.1, 0.15) is 30.7 Å². The van der Waals surface area contributed by atoms with Crippen LogP contribution in [-0.4, -0.2) is 34.8 Å². The Morgan fingerprint density at radius 1 is 0.939 bits per heavy atom. The third-order valence-electron chi connectivity index (χ3n) is 5.41. The van der Waals surface area contributed by atoms with Crippen molar-refractivity contribution in [2.75, 3.05) is 7.11 Å². The quantitative estimate of drug-likeness (QED) is 0.512. The molecular weight excluding hydrogens is 414 g/mol. The van der Waals surface area contributed by atoms with E-state index in [0.29, 0.717) is 19.5 Å². The topological polar surface area (TPSA) is 71.5 Å². The number of pyridine rings is 1. The predicted octanol–water partition coefficient (Wildman–Crippen LogP) is 4.00. The van der Waals surface area contributed by atoms with Gasteiger partial charge in [-0.2, -0.15) is 0 Å². The number of hydrogen-bond acceptors (Lipinski definition) is 4. The number of carbonyl (C=O) groups excluding carboxylic acids is 2. The van der Waals surface area contributed by atoms with E-state index in [9.17, 15) is 9.59 Å². The molecule has 3 rings (SSSR count). The Bertz CT molecular complexity index is 1020. The number of aromatic nitrogens is 1. The molecule has 0 spiro atoms. The van der Waals surface area contributed by atoms with Gasteiger partial charge in [-0.3, -0.25) is 14.6 Å². The highest BCUT2D eigenvalue weighted by atomic mass is 16.5. The van der Waals surface area contributed by atoms with Gasteiger partial charge in [-0.25, -0.2) is 0 Å². The van der Waals surface area contributed by atoms with E-state index in [1.54, 1.807) is 18.2 Å². The number of nitrogens with one attached hydrogen (secondary N) is 1. The Balaban J connectivity index is 1.88. The summed E-state index contributed by atoms with van der Waals surface area (Å²) in [5.41, 5.74) is 2.69. The van der Waals surface area contributed by atoms with Crippen molar-refractivity contribution < 1.29 is 14.3 Å². The molecule has 2 amide bonds. The first kappa shape index (κ1) is 24.0. The number of hydrogen-bond donors (Lipinski definition) is 1. The molecule has 0 aliphatic rings. The van der Waals surface area contributed by atoms with Crippen LogP contribution in [0.5, 0.6) is 5.75 Å². The molecule has 0 radical (unpaired) electrons. The maximum absolute atomic E-state index is 13.4. The molecule has 1 atom stereocenters. The van der Waals surface area contributed by atoms with Crippen molar-refractivity contribution in [3.8, 4) is 5.75 Å². The summed E-state index contributed by atoms with van der Waals surface area (Å²) in [7, 11) is 1.62. The third kappa shape index (κ3) is 6.91. The molecule has 0 saturated carbocycles. The van der Waals surface area contributed by atoms with Crippen molar-refractivity contribution in [2.24, 2.45) is 5.92 Å². The maximum Gasteiger partial charge on any atom is 0.243 e. The van der Waals surface area contributed by atoms with Crippen molar-refractivity contribution in [3.63, 3.8) is 0 Å². The van der Waals surface area contributed by atoms with Gasteiger partial charge in [0.2, 0.25) is 11.8 Å². The molecule has 172 valence electrons. The van der Waals surface area contributed by atoms with Gasteiger partial charge in [0.25, 0.3) is 0 Å². The standard InChI is InChI=1S/C27H31N3O3/c1-20(2)27(32)30(19-22-12-14-24(33-3)15-13-22)25(17-21-9-5-4-6-10-21)26(31)29-18-23-11-7-8-16-28-23/h4-16,20,25H,17-19H2,1-3H3,(H,29,31). The van der Waals surface area contributed by atoms with Crippen LogP contribution in [0, 0.1) is 5.92 Å². The minimum Gasteiger partial charge on any atom is -0.497 e. The smallest absolute Gasteiger partial charge is 0.243 e. The molecule has 1 unspecified atom stereocenters. The van der Waals surface area contributed by atoms with Crippen LogP contribution in [0.15, 0.2) is 79.0 Å². The third-order valence-corrected chi connectivity index (χ3v) is 5.41. The number of methoxy groups -OCH3 is 1. The van der Waals surface area contributed by atoms with Crippen LogP contribution >= 0.6 is 0 Å². The van der Waals surface area contributed by atoms with Crippen molar-refractivity contribution in [2.45, 2.75) is 39.4 Å². The summed E-state index contributed by atoms with van der Waals surface area (Å²) in [5, 5.41) is 2.98. The summed E-state index contributed by atoms with van der Waals surface area (Å²) in [6.45, 7) is 4.34. The van der Waals surface area contributed by atoms with Crippen LogP contribution < -0.4 is 10.1 Å². The molecule has 1 heterocycles. The average Bonchev–Trinajstić information content (AvgIpc) is 2.85. The molecule has 1 aromatic heterocycles. The van der Waals surface area contributed by atoms with Gasteiger partial charge in [0.15, 0.2) is 0 Å². The normalized spacial score (nSPS) is 11.6. The maximum atomic E-state index is 13.4. The zero-order valence-electron chi connectivity index (χ0n) is 19.4. The van der Waals surface area contributed by atoms with Gasteiger partial charge in [0.1, 0.15) is 11.8 Å². The molecule has 6 nitrogen and oxygen atoms in total. The van der Waals surface area contributed by atoms with Crippen molar-refractivity contribution in [1.82, 2.24) is 15.2 Å². The molecular formula is C27H31N3O3. The fourth-order valence-electron chi connectivity index (χ4n) is 3.58. The Kier molecular flexibility index (Phi) is 8.58. The van der Waals surface area contributed by atoms with E-state index < -0.39 is 6.04 Å². The monoisotopic (exact) mass is 445 g/mol. The average molecular weight is 446 g/mol. The van der Waals surface area contributed by atoms with Gasteiger partial charge < -0.3 is 15.0 Å². The first-order chi connectivity index (χ1) is 16.0. The summed E-state index contributed by atoms with van der Waals surface area (Å²) in [6.07, 6.45) is 2.12. The lowest BCUT2D eigenvalue weighted by molar-refractivity contribution is -0.143. The zero-order chi connectivity index (χ0) is 23.6. The SMILES string of the molecule is COc1ccc(CN(C(=O)C(C)C)C(Cc2ccccc2)C(=O)NCc2ccccn2)cc1. The predicted molar refractivity (Wildman–Crippen MR) is 128 cm³/mol. The van der Waals surface area contributed by atoms with E-state index in [0.717, 1.165) is 22.6 Å². The van der Waals surface area contributed by atoms with E-state index in [1.165, 1.54) is 0 Å². The lowest BCUT2D eigenvalue weighted by atomic mass is 10.0. The lowest BCUT2D eigenvalue weighted by Crippen LogP contribution is -2.51. The molecule has 0 bridgehead atoms. The van der Waals surface area contributed by atoms with Crippen LogP contribution in [0.3, 0.4) is 0 Å². The second-order valence-corrected chi connectivity index (χ2v) is 8.21. The number of rotatable bonds is 10. The van der Waals surface area contributed by atoms with Crippen LogP contribution in [0.4, 0.5) is 0 Å². The van der Waals surface area contributed by atoms with Crippen molar-refractivity contribution >= 4 is 11.8 Å². The zero-order valence-corrected chi connectivity index (χ0v) is 19.4. The lowest BCUT2D eigenvalue weighted by Gasteiger charge is -2.32. The van der Waals surface area contributed by atoms with Crippen LogP contribution in [-0.2, 0) is 29.1 Å². The first-order valence-electron chi connectivity index (χ1n) is 11.1. The highest BCUT2D eigenvalue weighted by Gasteiger charge is 2.31. The van der Waals surface area contributed by atoms with Gasteiger partial charge >= 0.3 is 0 Å². The Labute approximate surface area is 195 Å². The minimum atomic E-state index is -0.659. The summed E-state index contributed by atoms with van der Waals surface area (Å²) in [6, 6.07) is 22.3. The number of amides is 2. The Morgan fingerprint density at radius 2 is 1.64 bits per heavy atom. The molecule has 0 aliphatic heterocycles. The number of benzene rings is 2. The van der Waals surface area contributed by atoms with Gasteiger partial charge in [0, 0.05) is 25.1 Å². The van der Waals surface area contributed by atoms with Gasteiger partial charge in [-0.1, -0.05) is 62.4 Å². The minimum absolute atomic E-state index is 0.0697. The second-order valence-electron chi connectivity index (χ2n) is 8.21. The summed E-state index contributed by atoms with van der Waals surface area (Å²) < 4.78 is 5.25. The second kappa shape index (κ2) is 11.8. The van der Waals surface area contributed by atoms with Gasteiger partial charge in [0.05, 0.1) is 19.3 Å². The molecule has 0 aliphatic carbocycles. The molecule has 0 saturated heterocycles. The van der Waals surface area contributed by atoms with Gasteiger partial charge in [-0.15, -0.1) is 0 Å². The number of carbonyl (C=O) groups is 2. The summed E-state index contributed by atoms with van der Waals surface area (Å²) in [4.78, 5) is 32.7. The molecule has 1 N–H and O–H groups in total. The fraction of sp³-hybridized carbons (Fsp3) is 0.296. The largest absolute Gasteiger partial charge is 0.497 e. The first-order valence-corrected chi connectivity index (χ1v) is 11.1. The van der Waals surface area contributed by atoms with E-state index in [2.05, 4.69) is 10.3 Å². The summed E-state index contributed by atoms with van der Waals surface area (Å²) >= 11 is 0. The van der Waals surface area contributed by atoms with E-state index >= 15 is 0 Å². The summed E-state index contributed by atoms with van der Waals surface area (Å²) in [5.74, 6) is 0.228. The molecule has 3 aromatic rings. The van der Waals surface area contributed by atoms with Crippen molar-refractivity contribution in [1.29, 1.82) is 0 Å². The van der Waals surface area contributed by atoms with Gasteiger partial charge in [-0.05, 0) is 35.4 Å². The number of nitrogens with zero attached hydrogens (tertiary/aromatic N) is 2. The molecule has 33 heavy (non-hydrogen) atoms. The van der Waals surface area contributed by atoms with E-state index in [-0.39, 0.29) is 17.7 Å². The number of ether oxygens (including phenoxy) is 1. The Hall–Kier alpha value is -3.67. The Morgan fingerprint density at radius 3 is 2.24 bits per heavy atom. The fourth-order valence-corrected chi connectivity index (χ4v) is 3.58. The highest BCUT2D eigenvalue weighted by Crippen LogP contribution is 2.19. The molecule has 2 aromatic carbocycles. The molecule has 0 fully saturated rings. The van der Waals surface area contributed by atoms with E-state index in [4.69, 9.17) is 4.74 Å². The van der Waals surface area contributed by atoms with Crippen LogP contribution in [0.25, 0.3) is 0 Å². The molecule has 6 heteroatoms. The highest BCUT2D eigenvalue weighted by molar-refractivity contribution is 5.88.